The molecule has 0 bridgehead atoms. The van der Waals surface area contributed by atoms with Crippen molar-refractivity contribution in [1.29, 1.82) is 0 Å². The van der Waals surface area contributed by atoms with Crippen molar-refractivity contribution in [3.8, 4) is 0 Å². The Kier molecular flexibility index (Phi) is 5.50. The smallest absolute Gasteiger partial charge is 0.250 e. The normalized spacial score (nSPS) is 20.4. The van der Waals surface area contributed by atoms with Gasteiger partial charge in [-0.15, -0.1) is 0 Å². The molecule has 1 aliphatic carbocycles. The van der Waals surface area contributed by atoms with Gasteiger partial charge in [0.25, 0.3) is 0 Å². The van der Waals surface area contributed by atoms with Crippen LogP contribution in [0, 0.1) is 5.82 Å². The van der Waals surface area contributed by atoms with E-state index < -0.39 is 5.54 Å². The van der Waals surface area contributed by atoms with E-state index in [-0.39, 0.29) is 23.7 Å². The summed E-state index contributed by atoms with van der Waals surface area (Å²) in [7, 11) is 3.94. The summed E-state index contributed by atoms with van der Waals surface area (Å²) in [6.45, 7) is 0. The van der Waals surface area contributed by atoms with Crippen LogP contribution in [0.15, 0.2) is 48.5 Å². The van der Waals surface area contributed by atoms with Gasteiger partial charge in [0, 0.05) is 25.5 Å². The topological polar surface area (TPSA) is 52.7 Å². The van der Waals surface area contributed by atoms with Crippen molar-refractivity contribution in [2.24, 2.45) is 0 Å². The van der Waals surface area contributed by atoms with E-state index in [4.69, 9.17) is 0 Å². The molecule has 1 unspecified atom stereocenters. The van der Waals surface area contributed by atoms with Gasteiger partial charge in [-0.1, -0.05) is 31.4 Å². The van der Waals surface area contributed by atoms with Crippen molar-refractivity contribution in [2.75, 3.05) is 24.3 Å². The van der Waals surface area contributed by atoms with Crippen molar-refractivity contribution in [2.45, 2.75) is 50.1 Å². The summed E-state index contributed by atoms with van der Waals surface area (Å²) in [4.78, 5) is 30.0. The van der Waals surface area contributed by atoms with Crippen LogP contribution in [-0.4, -0.2) is 36.3 Å². The van der Waals surface area contributed by atoms with Crippen LogP contribution in [-0.2, 0) is 9.59 Å². The van der Waals surface area contributed by atoms with E-state index in [2.05, 4.69) is 5.32 Å². The number of likely N-dealkylation sites (tertiary alicyclic amines) is 1. The highest BCUT2D eigenvalue weighted by Crippen LogP contribution is 2.46. The number of carbonyl (C=O) groups is 2. The zero-order valence-corrected chi connectivity index (χ0v) is 17.5. The quantitative estimate of drug-likeness (QED) is 0.740. The number of anilines is 2. The minimum Gasteiger partial charge on any atom is -0.378 e. The molecule has 2 amide bonds. The Morgan fingerprint density at radius 3 is 2.23 bits per heavy atom. The highest BCUT2D eigenvalue weighted by atomic mass is 19.1. The summed E-state index contributed by atoms with van der Waals surface area (Å²) < 4.78 is 13.4. The van der Waals surface area contributed by atoms with Gasteiger partial charge in [0.1, 0.15) is 11.4 Å². The van der Waals surface area contributed by atoms with Crippen LogP contribution in [0.25, 0.3) is 0 Å². The van der Waals surface area contributed by atoms with Gasteiger partial charge >= 0.3 is 0 Å². The van der Waals surface area contributed by atoms with Crippen LogP contribution >= 0.6 is 0 Å². The summed E-state index contributed by atoms with van der Waals surface area (Å²) in [5, 5.41) is 3.06. The standard InChI is InChI=1S/C24H28FN3O2/c1-27(2)20-12-10-19(11-13-20)26-23(30)24(14-4-3-5-15-24)28-21(16-22(28)29)17-6-8-18(25)9-7-17/h6-13,21H,3-5,14-16H2,1-2H3,(H,26,30). The van der Waals surface area contributed by atoms with Gasteiger partial charge in [0.2, 0.25) is 11.8 Å². The van der Waals surface area contributed by atoms with E-state index in [0.717, 1.165) is 36.2 Å². The molecule has 0 radical (unpaired) electrons. The highest BCUT2D eigenvalue weighted by molar-refractivity contribution is 6.02. The third-order valence-corrected chi connectivity index (χ3v) is 6.41. The van der Waals surface area contributed by atoms with E-state index in [1.165, 1.54) is 12.1 Å². The van der Waals surface area contributed by atoms with Gasteiger partial charge in [0.05, 0.1) is 12.5 Å². The molecule has 1 heterocycles. The number of hydrogen-bond acceptors (Lipinski definition) is 3. The number of nitrogens with one attached hydrogen (secondary N) is 1. The van der Waals surface area contributed by atoms with Crippen molar-refractivity contribution >= 4 is 23.2 Å². The summed E-state index contributed by atoms with van der Waals surface area (Å²) in [5.41, 5.74) is 1.80. The summed E-state index contributed by atoms with van der Waals surface area (Å²) in [5.74, 6) is -0.438. The number of nitrogens with zero attached hydrogens (tertiary/aromatic N) is 2. The van der Waals surface area contributed by atoms with E-state index in [9.17, 15) is 14.0 Å². The molecule has 1 atom stereocenters. The summed E-state index contributed by atoms with van der Waals surface area (Å²) in [6, 6.07) is 13.8. The van der Waals surface area contributed by atoms with Crippen molar-refractivity contribution in [1.82, 2.24) is 4.90 Å². The van der Waals surface area contributed by atoms with Gasteiger partial charge in [0.15, 0.2) is 0 Å². The molecule has 1 aliphatic heterocycles. The molecule has 2 aliphatic rings. The molecule has 0 aromatic heterocycles. The van der Waals surface area contributed by atoms with E-state index in [0.29, 0.717) is 19.3 Å². The Balaban J connectivity index is 1.60. The summed E-state index contributed by atoms with van der Waals surface area (Å²) >= 11 is 0. The largest absolute Gasteiger partial charge is 0.378 e. The predicted octanol–water partition coefficient (Wildman–Crippen LogP) is 4.51. The zero-order valence-electron chi connectivity index (χ0n) is 17.5. The zero-order chi connectivity index (χ0) is 21.3. The molecule has 2 aromatic carbocycles. The SMILES string of the molecule is CN(C)c1ccc(NC(=O)C2(N3C(=O)CC3c3ccc(F)cc3)CCCCC2)cc1. The van der Waals surface area contributed by atoms with Gasteiger partial charge in [-0.05, 0) is 54.8 Å². The van der Waals surface area contributed by atoms with Crippen LogP contribution in [0.3, 0.4) is 0 Å². The predicted molar refractivity (Wildman–Crippen MR) is 116 cm³/mol. The molecule has 5 nitrogen and oxygen atoms in total. The lowest BCUT2D eigenvalue weighted by Crippen LogP contribution is -2.65. The summed E-state index contributed by atoms with van der Waals surface area (Å²) in [6.07, 6.45) is 4.55. The van der Waals surface area contributed by atoms with Gasteiger partial charge in [-0.2, -0.15) is 0 Å². The monoisotopic (exact) mass is 409 g/mol. The highest BCUT2D eigenvalue weighted by Gasteiger charge is 2.54. The van der Waals surface area contributed by atoms with Crippen molar-refractivity contribution < 1.29 is 14.0 Å². The Morgan fingerprint density at radius 1 is 1.03 bits per heavy atom. The molecule has 0 spiro atoms. The molecule has 30 heavy (non-hydrogen) atoms. The first-order chi connectivity index (χ1) is 14.4. The van der Waals surface area contributed by atoms with E-state index in [1.54, 1.807) is 17.0 Å². The fourth-order valence-corrected chi connectivity index (χ4v) is 4.71. The lowest BCUT2D eigenvalue weighted by molar-refractivity contribution is -0.166. The number of halogens is 1. The first kappa shape index (κ1) is 20.4. The maximum absolute atomic E-state index is 13.5. The Morgan fingerprint density at radius 2 is 1.67 bits per heavy atom. The Hall–Kier alpha value is -2.89. The molecular weight excluding hydrogens is 381 g/mol. The number of hydrogen-bond donors (Lipinski definition) is 1. The maximum Gasteiger partial charge on any atom is 0.250 e. The Labute approximate surface area is 176 Å². The first-order valence-electron chi connectivity index (χ1n) is 10.6. The average Bonchev–Trinajstić information content (AvgIpc) is 2.73. The fraction of sp³-hybridized carbons (Fsp3) is 0.417. The third-order valence-electron chi connectivity index (χ3n) is 6.41. The minimum atomic E-state index is -0.854. The van der Waals surface area contributed by atoms with Crippen molar-refractivity contribution in [3.63, 3.8) is 0 Å². The van der Waals surface area contributed by atoms with Gasteiger partial charge in [-0.25, -0.2) is 4.39 Å². The third kappa shape index (κ3) is 3.66. The molecular formula is C24H28FN3O2. The van der Waals surface area contributed by atoms with Crippen LogP contribution in [0.4, 0.5) is 15.8 Å². The molecule has 6 heteroatoms. The number of rotatable bonds is 5. The second-order valence-corrected chi connectivity index (χ2v) is 8.52. The Bertz CT molecular complexity index is 918. The number of amides is 2. The van der Waals surface area contributed by atoms with Crippen LogP contribution in [0.1, 0.15) is 50.1 Å². The van der Waals surface area contributed by atoms with Crippen LogP contribution in [0.5, 0.6) is 0 Å². The lowest BCUT2D eigenvalue weighted by Gasteiger charge is -2.54. The molecule has 158 valence electrons. The lowest BCUT2D eigenvalue weighted by atomic mass is 9.75. The average molecular weight is 410 g/mol. The van der Waals surface area contributed by atoms with Gasteiger partial charge in [-0.3, -0.25) is 9.59 Å². The minimum absolute atomic E-state index is 0.00988. The molecule has 1 saturated heterocycles. The second kappa shape index (κ2) is 8.09. The second-order valence-electron chi connectivity index (χ2n) is 8.52. The molecule has 1 saturated carbocycles. The molecule has 2 aromatic rings. The molecule has 2 fully saturated rings. The van der Waals surface area contributed by atoms with E-state index in [1.807, 2.05) is 43.3 Å². The van der Waals surface area contributed by atoms with Crippen molar-refractivity contribution in [3.05, 3.63) is 59.9 Å². The van der Waals surface area contributed by atoms with Crippen LogP contribution < -0.4 is 10.2 Å². The van der Waals surface area contributed by atoms with Crippen LogP contribution in [0.2, 0.25) is 0 Å². The number of benzene rings is 2. The van der Waals surface area contributed by atoms with E-state index >= 15 is 0 Å². The first-order valence-corrected chi connectivity index (χ1v) is 10.6. The fourth-order valence-electron chi connectivity index (χ4n) is 4.71. The number of β-lactam (4-membered cyclic amide) rings is 1. The maximum atomic E-state index is 13.5. The molecule has 4 rings (SSSR count). The molecule has 1 N–H and O–H groups in total. The van der Waals surface area contributed by atoms with Gasteiger partial charge < -0.3 is 15.1 Å². The number of carbonyl (C=O) groups excluding carboxylic acids is 2.